The van der Waals surface area contributed by atoms with Crippen molar-refractivity contribution in [3.63, 3.8) is 0 Å². The van der Waals surface area contributed by atoms with Gasteiger partial charge < -0.3 is 10.6 Å². The highest BCUT2D eigenvalue weighted by atomic mass is 79.9. The summed E-state index contributed by atoms with van der Waals surface area (Å²) in [5.74, 6) is -0.439. The Morgan fingerprint density at radius 3 is 2.09 bits per heavy atom. The number of carbonyl (C=O) groups is 2. The molecule has 2 N–H and O–H groups in total. The van der Waals surface area contributed by atoms with Gasteiger partial charge in [-0.3, -0.25) is 9.59 Å². The van der Waals surface area contributed by atoms with Gasteiger partial charge in [0, 0.05) is 32.2 Å². The van der Waals surface area contributed by atoms with Crippen molar-refractivity contribution in [2.24, 2.45) is 0 Å². The van der Waals surface area contributed by atoms with Crippen molar-refractivity contribution in [2.45, 2.75) is 11.3 Å². The number of anilines is 2. The van der Waals surface area contributed by atoms with E-state index in [0.29, 0.717) is 21.8 Å². The number of fused-ring (bicyclic) bond motifs is 1. The zero-order valence-electron chi connectivity index (χ0n) is 17.5. The molecule has 0 aliphatic rings. The lowest BCUT2D eigenvalue weighted by molar-refractivity contribution is -0.115. The van der Waals surface area contributed by atoms with Crippen LogP contribution in [0.5, 0.6) is 0 Å². The second-order valence-corrected chi connectivity index (χ2v) is 11.3. The second kappa shape index (κ2) is 9.46. The van der Waals surface area contributed by atoms with Gasteiger partial charge in [0.05, 0.1) is 11.3 Å². The molecule has 9 heteroatoms. The van der Waals surface area contributed by atoms with Gasteiger partial charge in [-0.25, -0.2) is 8.42 Å². The molecule has 168 valence electrons. The molecule has 0 saturated heterocycles. The Bertz CT molecular complexity index is 1440. The van der Waals surface area contributed by atoms with E-state index in [4.69, 9.17) is 0 Å². The Hall–Kier alpha value is -3.01. The molecule has 3 aromatic carbocycles. The van der Waals surface area contributed by atoms with E-state index in [1.807, 2.05) is 24.3 Å². The van der Waals surface area contributed by atoms with Gasteiger partial charge >= 0.3 is 0 Å². The molecule has 4 rings (SSSR count). The summed E-state index contributed by atoms with van der Waals surface area (Å²) in [4.78, 5) is 25.9. The van der Waals surface area contributed by atoms with E-state index in [2.05, 4.69) is 26.6 Å². The van der Waals surface area contributed by atoms with Gasteiger partial charge in [0.25, 0.3) is 5.91 Å². The Morgan fingerprint density at radius 2 is 1.48 bits per heavy atom. The largest absolute Gasteiger partial charge is 0.326 e. The minimum atomic E-state index is -3.27. The summed E-state index contributed by atoms with van der Waals surface area (Å²) in [7, 11) is -3.27. The van der Waals surface area contributed by atoms with Crippen LogP contribution in [0.15, 0.2) is 82.2 Å². The van der Waals surface area contributed by atoms with Gasteiger partial charge in [0.15, 0.2) is 9.84 Å². The Labute approximate surface area is 203 Å². The number of rotatable bonds is 6. The maximum absolute atomic E-state index is 12.7. The minimum Gasteiger partial charge on any atom is -0.326 e. The average molecular weight is 543 g/mol. The molecule has 0 saturated carbocycles. The summed E-state index contributed by atoms with van der Waals surface area (Å²) in [6, 6.07) is 20.9. The van der Waals surface area contributed by atoms with Gasteiger partial charge in [0.2, 0.25) is 5.91 Å². The number of nitrogens with one attached hydrogen (secondary N) is 2. The first kappa shape index (κ1) is 23.2. The lowest BCUT2D eigenvalue weighted by Crippen LogP contribution is -2.15. The molecule has 0 unspecified atom stereocenters. The molecule has 1 aromatic heterocycles. The van der Waals surface area contributed by atoms with Crippen molar-refractivity contribution in [3.05, 3.63) is 87.7 Å². The number of benzene rings is 3. The van der Waals surface area contributed by atoms with E-state index in [1.165, 1.54) is 23.5 Å². The van der Waals surface area contributed by atoms with E-state index in [-0.39, 0.29) is 23.1 Å². The van der Waals surface area contributed by atoms with Crippen LogP contribution in [0.3, 0.4) is 0 Å². The zero-order chi connectivity index (χ0) is 23.6. The van der Waals surface area contributed by atoms with Gasteiger partial charge in [-0.05, 0) is 64.0 Å². The van der Waals surface area contributed by atoms with Gasteiger partial charge in [-0.1, -0.05) is 30.3 Å². The standard InChI is InChI=1S/C24H19BrN2O4S2/c1-33(30,31)18-12-6-15(7-13-18)14-21(28)26-16-8-10-17(11-9-16)27-24(29)23-22(25)19-4-2-3-5-20(19)32-23/h2-13H,14H2,1H3,(H,26,28)(H,27,29). The van der Waals surface area contributed by atoms with Crippen molar-refractivity contribution in [1.29, 1.82) is 0 Å². The molecule has 1 heterocycles. The van der Waals surface area contributed by atoms with E-state index >= 15 is 0 Å². The van der Waals surface area contributed by atoms with Crippen molar-refractivity contribution in [2.75, 3.05) is 16.9 Å². The summed E-state index contributed by atoms with van der Waals surface area (Å²) >= 11 is 4.93. The number of thiophene rings is 1. The number of sulfone groups is 1. The molecule has 2 amide bonds. The Kier molecular flexibility index (Phi) is 6.64. The maximum atomic E-state index is 12.7. The fourth-order valence-corrected chi connectivity index (χ4v) is 5.75. The molecule has 0 bridgehead atoms. The van der Waals surface area contributed by atoms with E-state index in [9.17, 15) is 18.0 Å². The molecule has 0 atom stereocenters. The second-order valence-electron chi connectivity index (χ2n) is 7.41. The fourth-order valence-electron chi connectivity index (χ4n) is 3.23. The average Bonchev–Trinajstić information content (AvgIpc) is 3.12. The van der Waals surface area contributed by atoms with Crippen LogP contribution in [0.1, 0.15) is 15.2 Å². The maximum Gasteiger partial charge on any atom is 0.266 e. The van der Waals surface area contributed by atoms with Crippen LogP contribution in [0.4, 0.5) is 11.4 Å². The van der Waals surface area contributed by atoms with Crippen LogP contribution < -0.4 is 10.6 Å². The highest BCUT2D eigenvalue weighted by molar-refractivity contribution is 9.10. The molecule has 6 nitrogen and oxygen atoms in total. The third-order valence-corrected chi connectivity index (χ3v) is 8.27. The molecule has 0 spiro atoms. The van der Waals surface area contributed by atoms with Crippen molar-refractivity contribution in [1.82, 2.24) is 0 Å². The van der Waals surface area contributed by atoms with E-state index < -0.39 is 9.84 Å². The first-order valence-electron chi connectivity index (χ1n) is 9.88. The minimum absolute atomic E-state index is 0.114. The van der Waals surface area contributed by atoms with Crippen LogP contribution in [0, 0.1) is 0 Å². The summed E-state index contributed by atoms with van der Waals surface area (Å²) in [5.41, 5.74) is 1.91. The first-order valence-corrected chi connectivity index (χ1v) is 13.4. The van der Waals surface area contributed by atoms with Gasteiger partial charge in [0.1, 0.15) is 4.88 Å². The lowest BCUT2D eigenvalue weighted by atomic mass is 10.1. The topological polar surface area (TPSA) is 92.3 Å². The predicted octanol–water partition coefficient (Wildman–Crippen LogP) is 5.50. The van der Waals surface area contributed by atoms with E-state index in [1.54, 1.807) is 36.4 Å². The number of hydrogen-bond acceptors (Lipinski definition) is 5. The van der Waals surface area contributed by atoms with Crippen LogP contribution in [0.2, 0.25) is 0 Å². The number of carbonyl (C=O) groups excluding carboxylic acids is 2. The van der Waals surface area contributed by atoms with Gasteiger partial charge in [-0.15, -0.1) is 11.3 Å². The molecular weight excluding hydrogens is 524 g/mol. The molecule has 0 aliphatic heterocycles. The molecule has 0 aliphatic carbocycles. The smallest absolute Gasteiger partial charge is 0.266 e. The SMILES string of the molecule is CS(=O)(=O)c1ccc(CC(=O)Nc2ccc(NC(=O)c3sc4ccccc4c3Br)cc2)cc1. The molecule has 0 fully saturated rings. The number of hydrogen-bond donors (Lipinski definition) is 2. The quantitative estimate of drug-likeness (QED) is 0.336. The van der Waals surface area contributed by atoms with Crippen molar-refractivity contribution in [3.8, 4) is 0 Å². The molecule has 0 radical (unpaired) electrons. The highest BCUT2D eigenvalue weighted by Gasteiger charge is 2.16. The number of halogens is 1. The Morgan fingerprint density at radius 1 is 0.879 bits per heavy atom. The lowest BCUT2D eigenvalue weighted by Gasteiger charge is -2.08. The number of amides is 2. The third-order valence-electron chi connectivity index (χ3n) is 4.88. The van der Waals surface area contributed by atoms with Crippen molar-refractivity contribution >= 4 is 70.4 Å². The van der Waals surface area contributed by atoms with Crippen LogP contribution in [0.25, 0.3) is 10.1 Å². The van der Waals surface area contributed by atoms with Crippen LogP contribution in [-0.2, 0) is 21.1 Å². The molecule has 4 aromatic rings. The summed E-state index contributed by atoms with van der Waals surface area (Å²) < 4.78 is 24.9. The molecular formula is C24H19BrN2O4S2. The highest BCUT2D eigenvalue weighted by Crippen LogP contribution is 2.35. The van der Waals surface area contributed by atoms with Crippen molar-refractivity contribution < 1.29 is 18.0 Å². The normalized spacial score (nSPS) is 11.3. The van der Waals surface area contributed by atoms with Crippen LogP contribution >= 0.6 is 27.3 Å². The predicted molar refractivity (Wildman–Crippen MR) is 136 cm³/mol. The Balaban J connectivity index is 1.37. The summed E-state index contributed by atoms with van der Waals surface area (Å²) in [5, 5.41) is 6.67. The third kappa shape index (κ3) is 5.50. The monoisotopic (exact) mass is 542 g/mol. The fraction of sp³-hybridized carbons (Fsp3) is 0.0833. The van der Waals surface area contributed by atoms with E-state index in [0.717, 1.165) is 20.8 Å². The zero-order valence-corrected chi connectivity index (χ0v) is 20.7. The summed E-state index contributed by atoms with van der Waals surface area (Å²) in [6.07, 6.45) is 1.25. The van der Waals surface area contributed by atoms with Gasteiger partial charge in [-0.2, -0.15) is 0 Å². The molecule has 33 heavy (non-hydrogen) atoms. The first-order chi connectivity index (χ1) is 15.7. The van der Waals surface area contributed by atoms with Crippen LogP contribution in [-0.4, -0.2) is 26.5 Å². The summed E-state index contributed by atoms with van der Waals surface area (Å²) in [6.45, 7) is 0.